The van der Waals surface area contributed by atoms with E-state index in [1.165, 1.54) is 29.5 Å². The van der Waals surface area contributed by atoms with Crippen LogP contribution >= 0.6 is 11.6 Å². The molecule has 3 aliphatic rings. The summed E-state index contributed by atoms with van der Waals surface area (Å²) in [7, 11) is 1.66. The highest BCUT2D eigenvalue weighted by Gasteiger charge is 2.36. The Morgan fingerprint density at radius 2 is 1.94 bits per heavy atom. The van der Waals surface area contributed by atoms with Gasteiger partial charge in [0.1, 0.15) is 11.5 Å². The van der Waals surface area contributed by atoms with E-state index in [9.17, 15) is 0 Å². The van der Waals surface area contributed by atoms with Crippen LogP contribution in [0, 0.1) is 0 Å². The number of rotatable bonds is 7. The lowest BCUT2D eigenvalue weighted by Crippen LogP contribution is -2.37. The maximum Gasteiger partial charge on any atom is 0.137 e. The highest BCUT2D eigenvalue weighted by atomic mass is 35.5. The Kier molecular flexibility index (Phi) is 6.88. The Morgan fingerprint density at radius 1 is 1.06 bits per heavy atom. The monoisotopic (exact) mass is 456 g/mol. The molecular formula is C26H33ClN2O3. The van der Waals surface area contributed by atoms with E-state index >= 15 is 0 Å². The number of halogens is 1. The average Bonchev–Trinajstić information content (AvgIpc) is 3.31. The van der Waals surface area contributed by atoms with Gasteiger partial charge in [-0.05, 0) is 66.8 Å². The van der Waals surface area contributed by atoms with Gasteiger partial charge in [-0.1, -0.05) is 23.7 Å². The molecule has 3 aliphatic heterocycles. The van der Waals surface area contributed by atoms with Gasteiger partial charge in [-0.15, -0.1) is 0 Å². The van der Waals surface area contributed by atoms with Gasteiger partial charge >= 0.3 is 0 Å². The molecular weight excluding hydrogens is 424 g/mol. The molecule has 0 saturated carbocycles. The second kappa shape index (κ2) is 10.0. The zero-order chi connectivity index (χ0) is 21.9. The number of benzene rings is 2. The van der Waals surface area contributed by atoms with Gasteiger partial charge in [0.25, 0.3) is 0 Å². The topological polar surface area (TPSA) is 34.2 Å². The fourth-order valence-electron chi connectivity index (χ4n) is 5.47. The minimum atomic E-state index is 0.318. The number of ether oxygens (including phenoxy) is 3. The summed E-state index contributed by atoms with van der Waals surface area (Å²) in [6.45, 7) is 7.80. The third-order valence-corrected chi connectivity index (χ3v) is 7.44. The van der Waals surface area contributed by atoms with E-state index in [0.29, 0.717) is 17.0 Å². The van der Waals surface area contributed by atoms with Crippen LogP contribution in [0.25, 0.3) is 0 Å². The van der Waals surface area contributed by atoms with E-state index in [2.05, 4.69) is 40.1 Å². The zero-order valence-electron chi connectivity index (χ0n) is 18.9. The van der Waals surface area contributed by atoms with Crippen molar-refractivity contribution in [1.29, 1.82) is 0 Å². The summed E-state index contributed by atoms with van der Waals surface area (Å²) in [6.07, 6.45) is 3.52. The first-order valence-electron chi connectivity index (χ1n) is 11.9. The van der Waals surface area contributed by atoms with E-state index < -0.39 is 0 Å². The molecule has 5 nitrogen and oxygen atoms in total. The largest absolute Gasteiger partial charge is 0.495 e. The van der Waals surface area contributed by atoms with Crippen LogP contribution < -0.4 is 9.47 Å². The molecule has 2 saturated heterocycles. The first kappa shape index (κ1) is 22.0. The molecule has 0 unspecified atom stereocenters. The quantitative estimate of drug-likeness (QED) is 0.562. The molecule has 2 aromatic carbocycles. The zero-order valence-corrected chi connectivity index (χ0v) is 19.7. The lowest BCUT2D eigenvalue weighted by atomic mass is 9.81. The molecule has 2 aromatic rings. The van der Waals surface area contributed by atoms with Crippen molar-refractivity contribution in [3.63, 3.8) is 0 Å². The van der Waals surface area contributed by atoms with Gasteiger partial charge in [-0.25, -0.2) is 0 Å². The van der Waals surface area contributed by atoms with E-state index in [-0.39, 0.29) is 0 Å². The van der Waals surface area contributed by atoms with Crippen LogP contribution in [-0.4, -0.2) is 69.5 Å². The third kappa shape index (κ3) is 4.62. The Morgan fingerprint density at radius 3 is 2.75 bits per heavy atom. The standard InChI is InChI=1S/C26H33ClN2O3/c1-30-26-8-5-19(16-24(26)27)23-18-29-10-2-4-25(29)22-17-20(6-7-21(22)23)32-13-3-9-28-11-14-31-15-12-28/h5-8,16-17,23,25H,2-4,9-15,18H2,1H3/t23-,25+/m1/s1. The first-order valence-corrected chi connectivity index (χ1v) is 12.2. The summed E-state index contributed by atoms with van der Waals surface area (Å²) < 4.78 is 17.0. The fraction of sp³-hybridized carbons (Fsp3) is 0.538. The number of nitrogens with zero attached hydrogens (tertiary/aromatic N) is 2. The average molecular weight is 457 g/mol. The fourth-order valence-corrected chi connectivity index (χ4v) is 5.73. The minimum Gasteiger partial charge on any atom is -0.495 e. The van der Waals surface area contributed by atoms with Crippen LogP contribution in [0.2, 0.25) is 5.02 Å². The second-order valence-electron chi connectivity index (χ2n) is 9.05. The van der Waals surface area contributed by atoms with E-state index in [4.69, 9.17) is 25.8 Å². The molecule has 3 heterocycles. The lowest BCUT2D eigenvalue weighted by Gasteiger charge is -2.38. The molecule has 0 aromatic heterocycles. The maximum absolute atomic E-state index is 6.47. The van der Waals surface area contributed by atoms with Crippen molar-refractivity contribution in [2.24, 2.45) is 0 Å². The van der Waals surface area contributed by atoms with E-state index in [0.717, 1.165) is 70.5 Å². The minimum absolute atomic E-state index is 0.318. The summed E-state index contributed by atoms with van der Waals surface area (Å²) in [5, 5.41) is 0.676. The van der Waals surface area contributed by atoms with Crippen LogP contribution in [0.5, 0.6) is 11.5 Å². The van der Waals surface area contributed by atoms with E-state index in [1.807, 2.05) is 6.07 Å². The molecule has 32 heavy (non-hydrogen) atoms. The molecule has 172 valence electrons. The van der Waals surface area contributed by atoms with Gasteiger partial charge in [-0.2, -0.15) is 0 Å². The van der Waals surface area contributed by atoms with Crippen molar-refractivity contribution in [3.05, 3.63) is 58.1 Å². The molecule has 2 atom stereocenters. The van der Waals surface area contributed by atoms with Crippen LogP contribution in [0.15, 0.2) is 36.4 Å². The van der Waals surface area contributed by atoms with Gasteiger partial charge in [0, 0.05) is 38.1 Å². The Balaban J connectivity index is 1.31. The Bertz CT molecular complexity index is 931. The van der Waals surface area contributed by atoms with Gasteiger partial charge in [0.15, 0.2) is 0 Å². The number of methoxy groups -OCH3 is 1. The summed E-state index contributed by atoms with van der Waals surface area (Å²) in [5.74, 6) is 2.04. The van der Waals surface area contributed by atoms with E-state index in [1.54, 1.807) is 7.11 Å². The Labute approximate surface area is 196 Å². The molecule has 0 bridgehead atoms. The molecule has 0 spiro atoms. The van der Waals surface area contributed by atoms with Crippen LogP contribution in [0.3, 0.4) is 0 Å². The van der Waals surface area contributed by atoms with Crippen LogP contribution in [0.1, 0.15) is 47.9 Å². The van der Waals surface area contributed by atoms with Gasteiger partial charge in [-0.3, -0.25) is 9.80 Å². The highest BCUT2D eigenvalue weighted by Crippen LogP contribution is 2.46. The summed E-state index contributed by atoms with van der Waals surface area (Å²) in [4.78, 5) is 5.09. The van der Waals surface area contributed by atoms with Gasteiger partial charge in [0.2, 0.25) is 0 Å². The third-order valence-electron chi connectivity index (χ3n) is 7.14. The smallest absolute Gasteiger partial charge is 0.137 e. The number of fused-ring (bicyclic) bond motifs is 3. The molecule has 5 rings (SSSR count). The summed E-state index contributed by atoms with van der Waals surface area (Å²) in [6, 6.07) is 13.4. The highest BCUT2D eigenvalue weighted by molar-refractivity contribution is 6.32. The van der Waals surface area contributed by atoms with Crippen molar-refractivity contribution < 1.29 is 14.2 Å². The van der Waals surface area contributed by atoms with Gasteiger partial charge < -0.3 is 14.2 Å². The second-order valence-corrected chi connectivity index (χ2v) is 9.45. The summed E-state index contributed by atoms with van der Waals surface area (Å²) >= 11 is 6.47. The Hall–Kier alpha value is -1.79. The predicted octanol–water partition coefficient (Wildman–Crippen LogP) is 4.73. The van der Waals surface area contributed by atoms with Crippen molar-refractivity contribution in [2.75, 3.05) is 59.7 Å². The molecule has 0 amide bonds. The number of hydrogen-bond donors (Lipinski definition) is 0. The molecule has 0 N–H and O–H groups in total. The number of morpholine rings is 1. The van der Waals surface area contributed by atoms with Crippen molar-refractivity contribution in [2.45, 2.75) is 31.2 Å². The van der Waals surface area contributed by atoms with Crippen molar-refractivity contribution in [1.82, 2.24) is 9.80 Å². The SMILES string of the molecule is COc1ccc([C@H]2CN3CCC[C@H]3c3cc(OCCCN4CCOCC4)ccc32)cc1Cl. The molecule has 0 radical (unpaired) electrons. The summed E-state index contributed by atoms with van der Waals surface area (Å²) in [5.41, 5.74) is 4.09. The molecule has 6 heteroatoms. The van der Waals surface area contributed by atoms with Crippen LogP contribution in [-0.2, 0) is 4.74 Å². The van der Waals surface area contributed by atoms with Crippen LogP contribution in [0.4, 0.5) is 0 Å². The molecule has 2 fully saturated rings. The predicted molar refractivity (Wildman–Crippen MR) is 127 cm³/mol. The van der Waals surface area contributed by atoms with Gasteiger partial charge in [0.05, 0.1) is 32.0 Å². The molecule has 0 aliphatic carbocycles. The maximum atomic E-state index is 6.47. The lowest BCUT2D eigenvalue weighted by molar-refractivity contribution is 0.0358. The number of hydrogen-bond acceptors (Lipinski definition) is 5. The van der Waals surface area contributed by atoms with Crippen molar-refractivity contribution >= 4 is 11.6 Å². The first-order chi connectivity index (χ1) is 15.7. The normalized spacial score (nSPS) is 23.6. The van der Waals surface area contributed by atoms with Crippen molar-refractivity contribution in [3.8, 4) is 11.5 Å².